The number of aromatic nitrogens is 1. The van der Waals surface area contributed by atoms with E-state index >= 15 is 0 Å². The number of nitrogens with one attached hydrogen (secondary N) is 1. The van der Waals surface area contributed by atoms with Crippen molar-refractivity contribution in [2.75, 3.05) is 20.1 Å². The van der Waals surface area contributed by atoms with Crippen LogP contribution in [0.4, 0.5) is 0 Å². The van der Waals surface area contributed by atoms with Crippen LogP contribution in [0.3, 0.4) is 0 Å². The lowest BCUT2D eigenvalue weighted by Crippen LogP contribution is -2.60. The van der Waals surface area contributed by atoms with E-state index in [0.29, 0.717) is 6.04 Å². The molecule has 0 spiro atoms. The van der Waals surface area contributed by atoms with Crippen molar-refractivity contribution in [3.05, 3.63) is 28.5 Å². The van der Waals surface area contributed by atoms with Gasteiger partial charge < -0.3 is 5.32 Å². The molecular formula is C17H28BrN3. The maximum absolute atomic E-state index is 4.55. The number of likely N-dealkylation sites (N-methyl/N-ethyl adjacent to an activating group) is 1. The van der Waals surface area contributed by atoms with Crippen LogP contribution in [0.25, 0.3) is 0 Å². The van der Waals surface area contributed by atoms with Gasteiger partial charge >= 0.3 is 0 Å². The normalized spacial score (nSPS) is 21.0. The zero-order chi connectivity index (χ0) is 15.3. The average Bonchev–Trinajstić information content (AvgIpc) is 2.54. The fourth-order valence-corrected chi connectivity index (χ4v) is 3.70. The number of piperidine rings is 1. The fourth-order valence-electron chi connectivity index (χ4n) is 3.46. The quantitative estimate of drug-likeness (QED) is 0.846. The molecular weight excluding hydrogens is 326 g/mol. The van der Waals surface area contributed by atoms with E-state index in [9.17, 15) is 0 Å². The number of pyridine rings is 1. The first kappa shape index (κ1) is 16.9. The molecule has 2 rings (SSSR count). The number of hydrogen-bond donors (Lipinski definition) is 1. The lowest BCUT2D eigenvalue weighted by molar-refractivity contribution is 0.0450. The summed E-state index contributed by atoms with van der Waals surface area (Å²) in [5.74, 6) is 0. The van der Waals surface area contributed by atoms with Crippen molar-refractivity contribution < 1.29 is 0 Å². The van der Waals surface area contributed by atoms with Crippen LogP contribution in [-0.2, 0) is 6.42 Å². The number of rotatable bonds is 6. The molecule has 3 nitrogen and oxygen atoms in total. The Hall–Kier alpha value is -0.450. The Morgan fingerprint density at radius 3 is 2.57 bits per heavy atom. The second kappa shape index (κ2) is 7.70. The molecule has 2 heterocycles. The van der Waals surface area contributed by atoms with E-state index in [2.05, 4.69) is 64.2 Å². The minimum Gasteiger partial charge on any atom is -0.315 e. The second-order valence-corrected chi connectivity index (χ2v) is 7.19. The topological polar surface area (TPSA) is 28.2 Å². The molecule has 21 heavy (non-hydrogen) atoms. The molecule has 2 unspecified atom stereocenters. The molecule has 1 aromatic heterocycles. The highest BCUT2D eigenvalue weighted by Gasteiger charge is 2.38. The smallest absolute Gasteiger partial charge is 0.0420 e. The lowest BCUT2D eigenvalue weighted by Gasteiger charge is -2.48. The molecule has 1 N–H and O–H groups in total. The molecule has 0 bridgehead atoms. The second-order valence-electron chi connectivity index (χ2n) is 6.27. The van der Waals surface area contributed by atoms with E-state index in [1.807, 2.05) is 6.20 Å². The van der Waals surface area contributed by atoms with Crippen LogP contribution >= 0.6 is 15.9 Å². The first-order valence-corrected chi connectivity index (χ1v) is 8.92. The molecule has 1 aliphatic rings. The molecule has 118 valence electrons. The van der Waals surface area contributed by atoms with Gasteiger partial charge in [-0.3, -0.25) is 9.88 Å². The summed E-state index contributed by atoms with van der Waals surface area (Å²) in [6.07, 6.45) is 8.09. The van der Waals surface area contributed by atoms with Crippen LogP contribution in [-0.4, -0.2) is 41.6 Å². The number of likely N-dealkylation sites (tertiary alicyclic amines) is 1. The monoisotopic (exact) mass is 353 g/mol. The van der Waals surface area contributed by atoms with Gasteiger partial charge in [0.05, 0.1) is 0 Å². The van der Waals surface area contributed by atoms with Crippen LogP contribution < -0.4 is 5.32 Å². The maximum Gasteiger partial charge on any atom is 0.0420 e. The van der Waals surface area contributed by atoms with Crippen molar-refractivity contribution in [1.82, 2.24) is 15.2 Å². The Balaban J connectivity index is 2.13. The number of halogens is 1. The van der Waals surface area contributed by atoms with Crippen LogP contribution in [0.15, 0.2) is 22.8 Å². The first-order chi connectivity index (χ1) is 10.1. The van der Waals surface area contributed by atoms with Gasteiger partial charge in [-0.25, -0.2) is 0 Å². The van der Waals surface area contributed by atoms with Gasteiger partial charge in [-0.2, -0.15) is 0 Å². The summed E-state index contributed by atoms with van der Waals surface area (Å²) in [7, 11) is 2.08. The van der Waals surface area contributed by atoms with Crippen molar-refractivity contribution in [2.45, 2.75) is 57.5 Å². The highest BCUT2D eigenvalue weighted by molar-refractivity contribution is 9.10. The fraction of sp³-hybridized carbons (Fsp3) is 0.706. The van der Waals surface area contributed by atoms with Gasteiger partial charge in [0.25, 0.3) is 0 Å². The number of nitrogens with zero attached hydrogens (tertiary/aromatic N) is 2. The minimum atomic E-state index is 0.198. The van der Waals surface area contributed by atoms with Crippen molar-refractivity contribution in [1.29, 1.82) is 0 Å². The van der Waals surface area contributed by atoms with Gasteiger partial charge in [0.15, 0.2) is 0 Å². The van der Waals surface area contributed by atoms with Gasteiger partial charge in [0.1, 0.15) is 0 Å². The summed E-state index contributed by atoms with van der Waals surface area (Å²) in [5, 5.41) is 3.56. The SMILES string of the molecule is CCC(C)(C(Cc1ccc(Br)cn1)NC)N1CCCCC1. The zero-order valence-corrected chi connectivity index (χ0v) is 15.1. The summed E-state index contributed by atoms with van der Waals surface area (Å²) in [4.78, 5) is 7.24. The third-order valence-electron chi connectivity index (χ3n) is 5.10. The van der Waals surface area contributed by atoms with Crippen molar-refractivity contribution >= 4 is 15.9 Å². The summed E-state index contributed by atoms with van der Waals surface area (Å²) in [5.41, 5.74) is 1.36. The van der Waals surface area contributed by atoms with Crippen LogP contribution in [0.2, 0.25) is 0 Å². The van der Waals surface area contributed by atoms with Gasteiger partial charge in [-0.15, -0.1) is 0 Å². The minimum absolute atomic E-state index is 0.198. The molecule has 0 aliphatic carbocycles. The molecule has 4 heteroatoms. The Morgan fingerprint density at radius 2 is 2.05 bits per heavy atom. The lowest BCUT2D eigenvalue weighted by atomic mass is 9.83. The highest BCUT2D eigenvalue weighted by atomic mass is 79.9. The van der Waals surface area contributed by atoms with Crippen molar-refractivity contribution in [3.8, 4) is 0 Å². The van der Waals surface area contributed by atoms with Crippen molar-refractivity contribution in [3.63, 3.8) is 0 Å². The molecule has 0 saturated carbocycles. The third kappa shape index (κ3) is 4.05. The average molecular weight is 354 g/mol. The van der Waals surface area contributed by atoms with Gasteiger partial charge in [0.2, 0.25) is 0 Å². The predicted molar refractivity (Wildman–Crippen MR) is 92.6 cm³/mol. The van der Waals surface area contributed by atoms with E-state index in [1.54, 1.807) is 0 Å². The van der Waals surface area contributed by atoms with Crippen LogP contribution in [0.1, 0.15) is 45.2 Å². The predicted octanol–water partition coefficient (Wildman–Crippen LogP) is 3.63. The Morgan fingerprint density at radius 1 is 1.33 bits per heavy atom. The molecule has 1 aromatic rings. The van der Waals surface area contributed by atoms with Crippen LogP contribution in [0.5, 0.6) is 0 Å². The van der Waals surface area contributed by atoms with E-state index in [1.165, 1.54) is 32.4 Å². The van der Waals surface area contributed by atoms with Gasteiger partial charge in [0, 0.05) is 34.4 Å². The summed E-state index contributed by atoms with van der Waals surface area (Å²) in [6, 6.07) is 4.63. The van der Waals surface area contributed by atoms with Crippen LogP contribution in [0, 0.1) is 0 Å². The Bertz CT molecular complexity index is 428. The molecule has 1 saturated heterocycles. The van der Waals surface area contributed by atoms with Gasteiger partial charge in [-0.05, 0) is 74.4 Å². The van der Waals surface area contributed by atoms with E-state index in [0.717, 1.165) is 23.0 Å². The largest absolute Gasteiger partial charge is 0.315 e. The van der Waals surface area contributed by atoms with E-state index in [-0.39, 0.29) is 5.54 Å². The van der Waals surface area contributed by atoms with E-state index < -0.39 is 0 Å². The maximum atomic E-state index is 4.55. The number of hydrogen-bond acceptors (Lipinski definition) is 3. The molecule has 0 amide bonds. The first-order valence-electron chi connectivity index (χ1n) is 8.13. The summed E-state index contributed by atoms with van der Waals surface area (Å²) < 4.78 is 1.04. The molecule has 0 aromatic carbocycles. The molecule has 2 atom stereocenters. The molecule has 1 aliphatic heterocycles. The van der Waals surface area contributed by atoms with E-state index in [4.69, 9.17) is 0 Å². The zero-order valence-electron chi connectivity index (χ0n) is 13.5. The third-order valence-corrected chi connectivity index (χ3v) is 5.56. The Labute approximate surface area is 137 Å². The molecule has 0 radical (unpaired) electrons. The summed E-state index contributed by atoms with van der Waals surface area (Å²) >= 11 is 3.46. The highest BCUT2D eigenvalue weighted by Crippen LogP contribution is 2.29. The van der Waals surface area contributed by atoms with Gasteiger partial charge in [-0.1, -0.05) is 13.3 Å². The Kier molecular flexibility index (Phi) is 6.20. The summed E-state index contributed by atoms with van der Waals surface area (Å²) in [6.45, 7) is 7.19. The molecule has 1 fully saturated rings. The standard InChI is InChI=1S/C17H28BrN3/c1-4-17(2,21-10-6-5-7-11-21)16(19-3)12-15-9-8-14(18)13-20-15/h8-9,13,16,19H,4-7,10-12H2,1-3H3. The van der Waals surface area contributed by atoms with Crippen molar-refractivity contribution in [2.24, 2.45) is 0 Å².